The molecule has 11 heteroatoms. The lowest BCUT2D eigenvalue weighted by molar-refractivity contribution is -0.116. The molecule has 0 radical (unpaired) electrons. The molecule has 7 rings (SSSR count). The van der Waals surface area contributed by atoms with E-state index in [-0.39, 0.29) is 17.7 Å². The van der Waals surface area contributed by atoms with Crippen molar-refractivity contribution in [3.05, 3.63) is 89.7 Å². The molecule has 0 spiro atoms. The molecule has 3 aromatic carbocycles. The Hall–Kier alpha value is -5.03. The number of benzodiazepines with no additional fused rings is 1. The molecule has 0 unspecified atom stereocenters. The number of nitrogens with one attached hydrogen (secondary N) is 2. The first kappa shape index (κ1) is 24.0. The molecule has 1 saturated heterocycles. The topological polar surface area (TPSA) is 118 Å². The zero-order chi connectivity index (χ0) is 27.1. The molecule has 1 atom stereocenters. The fourth-order valence-electron chi connectivity index (χ4n) is 5.00. The largest absolute Gasteiger partial charge is 0.449 e. The predicted molar refractivity (Wildman–Crippen MR) is 147 cm³/mol. The summed E-state index contributed by atoms with van der Waals surface area (Å²) in [5.74, 6) is -0.514. The molecule has 1 fully saturated rings. The van der Waals surface area contributed by atoms with E-state index in [1.54, 1.807) is 12.1 Å². The third kappa shape index (κ3) is 4.26. The zero-order valence-electron chi connectivity index (χ0n) is 21.1. The second kappa shape index (κ2) is 9.93. The molecule has 0 bridgehead atoms. The van der Waals surface area contributed by atoms with Crippen molar-refractivity contribution in [3.63, 3.8) is 0 Å². The van der Waals surface area contributed by atoms with Gasteiger partial charge in [-0.05, 0) is 18.2 Å². The molecule has 0 aliphatic carbocycles. The summed E-state index contributed by atoms with van der Waals surface area (Å²) in [4.78, 5) is 19.9. The zero-order valence-corrected chi connectivity index (χ0v) is 21.1. The number of benzene rings is 3. The minimum atomic E-state index is -1.07. The third-order valence-corrected chi connectivity index (χ3v) is 6.84. The first-order chi connectivity index (χ1) is 19.7. The number of fused-ring (bicyclic) bond motifs is 2. The summed E-state index contributed by atoms with van der Waals surface area (Å²) in [6.07, 6.45) is -1.07. The summed E-state index contributed by atoms with van der Waals surface area (Å²) in [5, 5.41) is 14.5. The van der Waals surface area contributed by atoms with Gasteiger partial charge in [-0.1, -0.05) is 59.7 Å². The van der Waals surface area contributed by atoms with Gasteiger partial charge in [0.1, 0.15) is 17.1 Å². The van der Waals surface area contributed by atoms with E-state index in [1.165, 1.54) is 6.07 Å². The van der Waals surface area contributed by atoms with Crippen LogP contribution in [0.25, 0.3) is 22.6 Å². The molecule has 1 amide bonds. The molecule has 0 saturated carbocycles. The molecule has 2 N–H and O–H groups in total. The third-order valence-electron chi connectivity index (χ3n) is 6.84. The molecule has 2 aliphatic heterocycles. The quantitative estimate of drug-likeness (QED) is 0.331. The van der Waals surface area contributed by atoms with Gasteiger partial charge in [0.05, 0.1) is 30.0 Å². The molecule has 200 valence electrons. The van der Waals surface area contributed by atoms with Crippen molar-refractivity contribution in [3.8, 4) is 11.7 Å². The first-order valence-electron chi connectivity index (χ1n) is 12.8. The highest BCUT2D eigenvalue weighted by atomic mass is 19.1. The van der Waals surface area contributed by atoms with Crippen LogP contribution in [0.5, 0.6) is 0 Å². The van der Waals surface area contributed by atoms with Crippen LogP contribution in [0, 0.1) is 5.82 Å². The Morgan fingerprint density at radius 3 is 2.58 bits per heavy atom. The van der Waals surface area contributed by atoms with Crippen LogP contribution < -0.4 is 15.5 Å². The highest BCUT2D eigenvalue weighted by Crippen LogP contribution is 2.42. The number of furan rings is 1. The van der Waals surface area contributed by atoms with E-state index >= 15 is 0 Å². The van der Waals surface area contributed by atoms with Crippen molar-refractivity contribution < 1.29 is 22.8 Å². The molecular weight excluding hydrogens is 515 g/mol. The lowest BCUT2D eigenvalue weighted by atomic mass is 10.0. The minimum absolute atomic E-state index is 0.0360. The van der Waals surface area contributed by atoms with Crippen molar-refractivity contribution in [1.29, 1.82) is 0 Å². The van der Waals surface area contributed by atoms with Gasteiger partial charge in [0.2, 0.25) is 11.9 Å². The first-order valence-corrected chi connectivity index (χ1v) is 12.8. The number of morpholine rings is 1. The Morgan fingerprint density at radius 2 is 1.73 bits per heavy atom. The fraction of sp³-hybridized carbons (Fsp3) is 0.172. The molecule has 4 heterocycles. The van der Waals surface area contributed by atoms with Crippen LogP contribution in [-0.4, -0.2) is 54.3 Å². The Kier molecular flexibility index (Phi) is 5.97. The van der Waals surface area contributed by atoms with E-state index in [4.69, 9.17) is 18.6 Å². The number of hydrogen-bond acceptors (Lipinski definition) is 9. The van der Waals surface area contributed by atoms with Crippen molar-refractivity contribution in [2.45, 2.75) is 6.17 Å². The Balaban J connectivity index is 1.26. The highest BCUT2D eigenvalue weighted by molar-refractivity contribution is 6.19. The van der Waals surface area contributed by atoms with Gasteiger partial charge < -0.3 is 29.1 Å². The van der Waals surface area contributed by atoms with Gasteiger partial charge in [0.15, 0.2) is 0 Å². The number of carbonyl (C=O) groups is 1. The van der Waals surface area contributed by atoms with E-state index in [9.17, 15) is 9.18 Å². The number of rotatable bonds is 5. The summed E-state index contributed by atoms with van der Waals surface area (Å²) >= 11 is 0. The molecule has 5 aromatic rings. The maximum atomic E-state index is 15.0. The number of anilines is 3. The van der Waals surface area contributed by atoms with Crippen molar-refractivity contribution in [1.82, 2.24) is 10.2 Å². The van der Waals surface area contributed by atoms with Crippen LogP contribution in [-0.2, 0) is 9.53 Å². The number of halogens is 1. The second-order valence-electron chi connectivity index (χ2n) is 9.33. The van der Waals surface area contributed by atoms with Gasteiger partial charge in [0, 0.05) is 24.2 Å². The van der Waals surface area contributed by atoms with Crippen LogP contribution in [0.2, 0.25) is 0 Å². The summed E-state index contributed by atoms with van der Waals surface area (Å²) in [6, 6.07) is 21.7. The minimum Gasteiger partial charge on any atom is -0.449 e. The van der Waals surface area contributed by atoms with E-state index in [1.807, 2.05) is 59.5 Å². The summed E-state index contributed by atoms with van der Waals surface area (Å²) < 4.78 is 32.4. The van der Waals surface area contributed by atoms with Crippen molar-refractivity contribution >= 4 is 40.0 Å². The summed E-state index contributed by atoms with van der Waals surface area (Å²) in [6.45, 7) is 2.10. The smallest absolute Gasteiger partial charge is 0.317 e. The van der Waals surface area contributed by atoms with Crippen LogP contribution in [0.4, 0.5) is 21.8 Å². The Bertz CT molecular complexity index is 1740. The number of nitrogens with zero attached hydrogens (tertiary/aromatic N) is 4. The molecule has 10 nitrogen and oxygen atoms in total. The van der Waals surface area contributed by atoms with Crippen molar-refractivity contribution in [2.24, 2.45) is 4.99 Å². The van der Waals surface area contributed by atoms with Crippen LogP contribution in [0.1, 0.15) is 11.1 Å². The number of ether oxygens (including phenoxy) is 1. The number of aliphatic imine (C=N–C) groups is 1. The second-order valence-corrected chi connectivity index (χ2v) is 9.33. The SMILES string of the molecule is O=C1Nc2ccccc2C(c2ccccc2)=N[C@@H]1Nc1nnc(-c2oc3cccc(F)c3c2N2CCOCC2)o1. The standard InChI is InChI=1S/C29H23FN6O4/c30-19-10-6-12-21-22(19)24(36-13-15-38-16-14-36)25(39-21)28-34-35-29(40-28)33-26-27(37)31-20-11-5-4-9-18(20)23(32-26)17-7-2-1-3-8-17/h1-12,26H,13-16H2,(H,31,37)(H,33,35)/t26-/m1/s1. The van der Waals surface area contributed by atoms with Gasteiger partial charge in [0.25, 0.3) is 11.8 Å². The number of aromatic nitrogens is 2. The number of carbonyl (C=O) groups excluding carboxylic acids is 1. The summed E-state index contributed by atoms with van der Waals surface area (Å²) in [7, 11) is 0. The average Bonchev–Trinajstić information content (AvgIpc) is 3.58. The molecular formula is C29H23FN6O4. The lowest BCUT2D eigenvalue weighted by Crippen LogP contribution is -2.36. The Labute approximate surface area is 227 Å². The van der Waals surface area contributed by atoms with Crippen LogP contribution >= 0.6 is 0 Å². The summed E-state index contributed by atoms with van der Waals surface area (Å²) in [5.41, 5.74) is 3.81. The van der Waals surface area contributed by atoms with Crippen LogP contribution in [0.15, 0.2) is 86.6 Å². The number of para-hydroxylation sites is 1. The van der Waals surface area contributed by atoms with Gasteiger partial charge in [-0.2, -0.15) is 0 Å². The maximum absolute atomic E-state index is 15.0. The maximum Gasteiger partial charge on any atom is 0.317 e. The lowest BCUT2D eigenvalue weighted by Gasteiger charge is -2.28. The van der Waals surface area contributed by atoms with E-state index < -0.39 is 17.9 Å². The van der Waals surface area contributed by atoms with Gasteiger partial charge >= 0.3 is 6.01 Å². The number of amides is 1. The fourth-order valence-corrected chi connectivity index (χ4v) is 5.00. The van der Waals surface area contributed by atoms with Crippen molar-refractivity contribution in [2.75, 3.05) is 41.8 Å². The molecule has 2 aliphatic rings. The Morgan fingerprint density at radius 1 is 0.925 bits per heavy atom. The van der Waals surface area contributed by atoms with Gasteiger partial charge in [-0.15, -0.1) is 5.10 Å². The normalized spacial score (nSPS) is 17.2. The molecule has 40 heavy (non-hydrogen) atoms. The predicted octanol–water partition coefficient (Wildman–Crippen LogP) is 4.69. The van der Waals surface area contributed by atoms with E-state index in [0.29, 0.717) is 54.4 Å². The number of hydrogen-bond donors (Lipinski definition) is 2. The van der Waals surface area contributed by atoms with Gasteiger partial charge in [-0.3, -0.25) is 4.79 Å². The van der Waals surface area contributed by atoms with Crippen LogP contribution in [0.3, 0.4) is 0 Å². The van der Waals surface area contributed by atoms with Gasteiger partial charge in [-0.25, -0.2) is 9.38 Å². The highest BCUT2D eigenvalue weighted by Gasteiger charge is 2.30. The molecule has 2 aromatic heterocycles. The van der Waals surface area contributed by atoms with E-state index in [2.05, 4.69) is 20.8 Å². The average molecular weight is 539 g/mol. The van der Waals surface area contributed by atoms with E-state index in [0.717, 1.165) is 11.1 Å². The monoisotopic (exact) mass is 538 g/mol.